The third-order valence-corrected chi connectivity index (χ3v) is 4.58. The minimum atomic E-state index is -3.09. The SMILES string of the molecule is CCS(=O)(=O)CCNC(=O)Nc1ccc(OC)cc1Cl. The Balaban J connectivity index is 2.51. The number of hydrogen-bond donors (Lipinski definition) is 2. The fourth-order valence-corrected chi connectivity index (χ4v) is 2.27. The van der Waals surface area contributed by atoms with Gasteiger partial charge < -0.3 is 15.4 Å². The average Bonchev–Trinajstić information content (AvgIpc) is 2.41. The standard InChI is InChI=1S/C12H17ClN2O4S/c1-3-20(17,18)7-6-14-12(16)15-11-5-4-9(19-2)8-10(11)13/h4-5,8H,3,6-7H2,1-2H3,(H2,14,15,16). The predicted molar refractivity (Wildman–Crippen MR) is 79.4 cm³/mol. The Morgan fingerprint density at radius 1 is 1.40 bits per heavy atom. The van der Waals surface area contributed by atoms with Gasteiger partial charge in [-0.25, -0.2) is 13.2 Å². The Kier molecular flexibility index (Phi) is 6.09. The second kappa shape index (κ2) is 7.35. The normalized spacial score (nSPS) is 10.9. The molecule has 20 heavy (non-hydrogen) atoms. The molecule has 6 nitrogen and oxygen atoms in total. The van der Waals surface area contributed by atoms with Crippen LogP contribution < -0.4 is 15.4 Å². The van der Waals surface area contributed by atoms with E-state index in [9.17, 15) is 13.2 Å². The van der Waals surface area contributed by atoms with Crippen LogP contribution >= 0.6 is 11.6 Å². The number of urea groups is 1. The first-order valence-electron chi connectivity index (χ1n) is 5.96. The van der Waals surface area contributed by atoms with Crippen molar-refractivity contribution in [1.82, 2.24) is 5.32 Å². The molecular formula is C12H17ClN2O4S. The summed E-state index contributed by atoms with van der Waals surface area (Å²) < 4.78 is 27.5. The molecular weight excluding hydrogens is 304 g/mol. The number of sulfone groups is 1. The molecule has 0 aliphatic heterocycles. The summed E-state index contributed by atoms with van der Waals surface area (Å²) in [5.41, 5.74) is 0.420. The number of amides is 2. The summed E-state index contributed by atoms with van der Waals surface area (Å²) in [6.07, 6.45) is 0. The zero-order valence-electron chi connectivity index (χ0n) is 11.3. The molecule has 0 unspecified atom stereocenters. The molecule has 0 fully saturated rings. The smallest absolute Gasteiger partial charge is 0.319 e. The Bertz CT molecular complexity index is 575. The minimum Gasteiger partial charge on any atom is -0.497 e. The topological polar surface area (TPSA) is 84.5 Å². The minimum absolute atomic E-state index is 0.0514. The molecule has 0 saturated heterocycles. The van der Waals surface area contributed by atoms with Crippen molar-refractivity contribution in [1.29, 1.82) is 0 Å². The maximum Gasteiger partial charge on any atom is 0.319 e. The van der Waals surface area contributed by atoms with Gasteiger partial charge in [-0.1, -0.05) is 18.5 Å². The summed E-state index contributed by atoms with van der Waals surface area (Å²) in [4.78, 5) is 11.6. The fraction of sp³-hybridized carbons (Fsp3) is 0.417. The first-order valence-corrected chi connectivity index (χ1v) is 8.16. The zero-order valence-corrected chi connectivity index (χ0v) is 12.8. The van der Waals surface area contributed by atoms with Crippen molar-refractivity contribution in [2.45, 2.75) is 6.92 Å². The van der Waals surface area contributed by atoms with Gasteiger partial charge in [0.1, 0.15) is 5.75 Å². The summed E-state index contributed by atoms with van der Waals surface area (Å²) in [6.45, 7) is 1.61. The van der Waals surface area contributed by atoms with E-state index < -0.39 is 15.9 Å². The maximum absolute atomic E-state index is 11.6. The molecule has 0 aliphatic rings. The number of carbonyl (C=O) groups excluding carboxylic acids is 1. The van der Waals surface area contributed by atoms with Crippen LogP contribution in [-0.4, -0.2) is 39.6 Å². The molecule has 0 radical (unpaired) electrons. The van der Waals surface area contributed by atoms with Crippen molar-refractivity contribution in [3.8, 4) is 5.75 Å². The van der Waals surface area contributed by atoms with Crippen LogP contribution in [0.4, 0.5) is 10.5 Å². The molecule has 1 aromatic carbocycles. The number of ether oxygens (including phenoxy) is 1. The lowest BCUT2D eigenvalue weighted by atomic mass is 10.3. The summed E-state index contributed by atoms with van der Waals surface area (Å²) in [5.74, 6) is 0.545. The van der Waals surface area contributed by atoms with Gasteiger partial charge in [0.25, 0.3) is 0 Å². The average molecular weight is 321 g/mol. The second-order valence-electron chi connectivity index (χ2n) is 3.96. The van der Waals surface area contributed by atoms with E-state index in [1.807, 2.05) is 0 Å². The Hall–Kier alpha value is -1.47. The lowest BCUT2D eigenvalue weighted by Crippen LogP contribution is -2.33. The van der Waals surface area contributed by atoms with E-state index in [1.165, 1.54) is 7.11 Å². The van der Waals surface area contributed by atoms with Crippen LogP contribution in [0.5, 0.6) is 5.75 Å². The Morgan fingerprint density at radius 3 is 2.65 bits per heavy atom. The molecule has 0 aliphatic carbocycles. The number of carbonyl (C=O) groups is 1. The van der Waals surface area contributed by atoms with Gasteiger partial charge in [-0.15, -0.1) is 0 Å². The molecule has 0 atom stereocenters. The molecule has 1 aromatic rings. The van der Waals surface area contributed by atoms with E-state index in [0.717, 1.165) is 0 Å². The van der Waals surface area contributed by atoms with E-state index in [1.54, 1.807) is 25.1 Å². The third-order valence-electron chi connectivity index (χ3n) is 2.56. The predicted octanol–water partition coefficient (Wildman–Crippen LogP) is 1.90. The summed E-state index contributed by atoms with van der Waals surface area (Å²) in [7, 11) is -1.58. The van der Waals surface area contributed by atoms with Gasteiger partial charge in [0.2, 0.25) is 0 Å². The van der Waals surface area contributed by atoms with Gasteiger partial charge in [-0.3, -0.25) is 0 Å². The summed E-state index contributed by atoms with van der Waals surface area (Å²) >= 11 is 5.96. The van der Waals surface area contributed by atoms with Crippen LogP contribution in [0.25, 0.3) is 0 Å². The number of methoxy groups -OCH3 is 1. The van der Waals surface area contributed by atoms with Crippen LogP contribution in [0.2, 0.25) is 5.02 Å². The highest BCUT2D eigenvalue weighted by molar-refractivity contribution is 7.91. The van der Waals surface area contributed by atoms with Crippen LogP contribution in [0.3, 0.4) is 0 Å². The Labute approximate surface area is 123 Å². The maximum atomic E-state index is 11.6. The molecule has 2 amide bonds. The molecule has 112 valence electrons. The largest absolute Gasteiger partial charge is 0.497 e. The van der Waals surface area contributed by atoms with Crippen LogP contribution in [0, 0.1) is 0 Å². The lowest BCUT2D eigenvalue weighted by molar-refractivity contribution is 0.252. The first kappa shape index (κ1) is 16.6. The number of nitrogens with one attached hydrogen (secondary N) is 2. The first-order chi connectivity index (χ1) is 9.38. The quantitative estimate of drug-likeness (QED) is 0.838. The van der Waals surface area contributed by atoms with Crippen LogP contribution in [0.1, 0.15) is 6.92 Å². The molecule has 0 aromatic heterocycles. The highest BCUT2D eigenvalue weighted by Crippen LogP contribution is 2.26. The Morgan fingerprint density at radius 2 is 2.10 bits per heavy atom. The van der Waals surface area contributed by atoms with Crippen molar-refractivity contribution < 1.29 is 17.9 Å². The molecule has 1 rings (SSSR count). The van der Waals surface area contributed by atoms with Gasteiger partial charge in [-0.2, -0.15) is 0 Å². The number of anilines is 1. The van der Waals surface area contributed by atoms with Crippen LogP contribution in [-0.2, 0) is 9.84 Å². The molecule has 8 heteroatoms. The highest BCUT2D eigenvalue weighted by Gasteiger charge is 2.09. The van der Waals surface area contributed by atoms with Gasteiger partial charge in [0, 0.05) is 18.4 Å². The van der Waals surface area contributed by atoms with Gasteiger partial charge in [0.15, 0.2) is 9.84 Å². The van der Waals surface area contributed by atoms with Crippen molar-refractivity contribution in [3.63, 3.8) is 0 Å². The van der Waals surface area contributed by atoms with Gasteiger partial charge in [-0.05, 0) is 12.1 Å². The molecule has 0 spiro atoms. The van der Waals surface area contributed by atoms with Gasteiger partial charge >= 0.3 is 6.03 Å². The van der Waals surface area contributed by atoms with Crippen molar-refractivity contribution in [2.24, 2.45) is 0 Å². The summed E-state index contributed by atoms with van der Waals surface area (Å²) in [6, 6.07) is 4.31. The van der Waals surface area contributed by atoms with Crippen molar-refractivity contribution in [3.05, 3.63) is 23.2 Å². The van der Waals surface area contributed by atoms with Crippen molar-refractivity contribution >= 4 is 33.2 Å². The second-order valence-corrected chi connectivity index (χ2v) is 6.84. The van der Waals surface area contributed by atoms with E-state index in [4.69, 9.17) is 16.3 Å². The third kappa shape index (κ3) is 5.26. The molecule has 0 heterocycles. The lowest BCUT2D eigenvalue weighted by Gasteiger charge is -2.10. The zero-order chi connectivity index (χ0) is 15.2. The number of benzene rings is 1. The van der Waals surface area contributed by atoms with Gasteiger partial charge in [0.05, 0.1) is 23.6 Å². The van der Waals surface area contributed by atoms with E-state index >= 15 is 0 Å². The van der Waals surface area contributed by atoms with E-state index in [-0.39, 0.29) is 18.1 Å². The number of rotatable bonds is 6. The number of halogens is 1. The molecule has 0 bridgehead atoms. The molecule has 0 saturated carbocycles. The van der Waals surface area contributed by atoms with Crippen LogP contribution in [0.15, 0.2) is 18.2 Å². The molecule has 2 N–H and O–H groups in total. The monoisotopic (exact) mass is 320 g/mol. The number of hydrogen-bond acceptors (Lipinski definition) is 4. The van der Waals surface area contributed by atoms with E-state index in [0.29, 0.717) is 16.5 Å². The van der Waals surface area contributed by atoms with E-state index in [2.05, 4.69) is 10.6 Å². The summed E-state index contributed by atoms with van der Waals surface area (Å²) in [5, 5.41) is 5.33. The highest BCUT2D eigenvalue weighted by atomic mass is 35.5. The van der Waals surface area contributed by atoms with Crippen molar-refractivity contribution in [2.75, 3.05) is 30.5 Å². The fourth-order valence-electron chi connectivity index (χ4n) is 1.36.